The van der Waals surface area contributed by atoms with Crippen LogP contribution in [0.5, 0.6) is 0 Å². The van der Waals surface area contributed by atoms with E-state index in [1.807, 2.05) is 26.8 Å². The molecule has 0 spiro atoms. The lowest BCUT2D eigenvalue weighted by molar-refractivity contribution is -0.149. The van der Waals surface area contributed by atoms with Crippen molar-refractivity contribution in [3.8, 4) is 0 Å². The maximum absolute atomic E-state index is 12.1. The molecule has 5 heteroatoms. The van der Waals surface area contributed by atoms with Crippen molar-refractivity contribution in [2.75, 3.05) is 6.61 Å². The number of ether oxygens (including phenoxy) is 1. The van der Waals surface area contributed by atoms with Gasteiger partial charge >= 0.3 is 5.97 Å². The van der Waals surface area contributed by atoms with Crippen LogP contribution in [0.1, 0.15) is 106 Å². The van der Waals surface area contributed by atoms with E-state index < -0.39 is 0 Å². The molecule has 1 N–H and O–H groups in total. The lowest BCUT2D eigenvalue weighted by Gasteiger charge is -2.44. The maximum atomic E-state index is 12.1. The normalized spacial score (nSPS) is 30.8. The van der Waals surface area contributed by atoms with Crippen molar-refractivity contribution in [3.05, 3.63) is 23.3 Å². The summed E-state index contributed by atoms with van der Waals surface area (Å²) < 4.78 is 5.75. The number of ketones is 1. The van der Waals surface area contributed by atoms with Crippen LogP contribution in [0.4, 0.5) is 0 Å². The second kappa shape index (κ2) is 13.7. The molecule has 0 radical (unpaired) electrons. The topological polar surface area (TPSA) is 80.7 Å². The van der Waals surface area contributed by atoms with Crippen molar-refractivity contribution in [2.45, 2.75) is 106 Å². The first kappa shape index (κ1) is 29.1. The van der Waals surface area contributed by atoms with Crippen LogP contribution in [-0.2, 0) is 19.1 Å². The summed E-state index contributed by atoms with van der Waals surface area (Å²) in [5.74, 6) is 1.30. The van der Waals surface area contributed by atoms with E-state index in [-0.39, 0.29) is 23.3 Å². The number of carbonyl (C=O) groups excluding carboxylic acids is 2. The maximum Gasteiger partial charge on any atom is 0.305 e. The first-order valence-electron chi connectivity index (χ1n) is 12.9. The number of allylic oxidation sites excluding steroid dienone is 4. The minimum Gasteiger partial charge on any atom is -0.483 e. The highest BCUT2D eigenvalue weighted by Crippen LogP contribution is 2.57. The molecule has 1 saturated carbocycles. The molecule has 188 valence electrons. The largest absolute Gasteiger partial charge is 0.483 e. The Bertz CT molecular complexity index is 722. The van der Waals surface area contributed by atoms with Gasteiger partial charge in [0.1, 0.15) is 0 Å². The Labute approximate surface area is 201 Å². The van der Waals surface area contributed by atoms with Crippen LogP contribution in [0, 0.1) is 22.7 Å². The second-order valence-electron chi connectivity index (χ2n) is 9.85. The van der Waals surface area contributed by atoms with E-state index in [0.29, 0.717) is 37.1 Å². The van der Waals surface area contributed by atoms with Gasteiger partial charge in [-0.15, -0.1) is 0 Å². The van der Waals surface area contributed by atoms with Crippen molar-refractivity contribution in [2.24, 2.45) is 22.7 Å². The molecule has 0 aromatic rings. The van der Waals surface area contributed by atoms with Crippen LogP contribution >= 0.6 is 0 Å². The molecule has 4 atom stereocenters. The van der Waals surface area contributed by atoms with E-state index in [9.17, 15) is 9.59 Å². The highest BCUT2D eigenvalue weighted by atomic mass is 16.5. The van der Waals surface area contributed by atoms with Gasteiger partial charge in [-0.05, 0) is 62.9 Å². The molecule has 5 nitrogen and oxygen atoms in total. The van der Waals surface area contributed by atoms with Crippen molar-refractivity contribution in [3.63, 3.8) is 0 Å². The Morgan fingerprint density at radius 2 is 1.88 bits per heavy atom. The molecule has 0 amide bonds. The molecule has 3 rings (SSSR count). The summed E-state index contributed by atoms with van der Waals surface area (Å²) in [6.07, 6.45) is 14.1. The van der Waals surface area contributed by atoms with Crippen molar-refractivity contribution in [1.82, 2.24) is 0 Å². The standard InChI is InChI=1S/C25H38O3.C2H6.CH2O2/c1-5-9-23(27)28-17-24(3)14-8-12-22-20(21(24)6-2)11-7-10-18-16-19(26)13-15-25(18,22)4;1-2;2-1-3/h12,16,20-21H,5-11,13-15,17H2,1-4H3;1-2H3;1H,(H,2,3). The zero-order chi connectivity index (χ0) is 25.1. The van der Waals surface area contributed by atoms with Crippen molar-refractivity contribution in [1.29, 1.82) is 0 Å². The van der Waals surface area contributed by atoms with Gasteiger partial charge in [0.2, 0.25) is 0 Å². The third-order valence-corrected chi connectivity index (χ3v) is 7.83. The van der Waals surface area contributed by atoms with E-state index in [0.717, 1.165) is 44.9 Å². The fraction of sp³-hybridized carbons (Fsp3) is 0.750. The Hall–Kier alpha value is -1.91. The highest BCUT2D eigenvalue weighted by molar-refractivity contribution is 5.92. The van der Waals surface area contributed by atoms with Crippen LogP contribution in [0.25, 0.3) is 0 Å². The molecule has 0 saturated heterocycles. The van der Waals surface area contributed by atoms with Gasteiger partial charge in [-0.25, -0.2) is 0 Å². The molecule has 3 aliphatic carbocycles. The Morgan fingerprint density at radius 3 is 2.48 bits per heavy atom. The van der Waals surface area contributed by atoms with Gasteiger partial charge in [0.15, 0.2) is 5.78 Å². The number of hydrogen-bond donors (Lipinski definition) is 1. The van der Waals surface area contributed by atoms with Gasteiger partial charge in [0, 0.05) is 23.7 Å². The van der Waals surface area contributed by atoms with Crippen LogP contribution in [0.2, 0.25) is 0 Å². The first-order chi connectivity index (χ1) is 15.8. The predicted octanol–water partition coefficient (Wildman–Crippen LogP) is 6.91. The Balaban J connectivity index is 0.00000101. The van der Waals surface area contributed by atoms with E-state index in [2.05, 4.69) is 26.8 Å². The number of carboxylic acid groups (broad SMARTS) is 1. The van der Waals surface area contributed by atoms with Gasteiger partial charge in [-0.2, -0.15) is 0 Å². The van der Waals surface area contributed by atoms with Gasteiger partial charge in [0.05, 0.1) is 6.61 Å². The van der Waals surface area contributed by atoms with Crippen LogP contribution < -0.4 is 0 Å². The fourth-order valence-electron chi connectivity index (χ4n) is 6.22. The average molecular weight is 463 g/mol. The highest BCUT2D eigenvalue weighted by Gasteiger charge is 2.48. The van der Waals surface area contributed by atoms with E-state index in [4.69, 9.17) is 14.6 Å². The van der Waals surface area contributed by atoms with Crippen LogP contribution in [0.15, 0.2) is 23.3 Å². The Morgan fingerprint density at radius 1 is 1.21 bits per heavy atom. The Kier molecular flexibility index (Phi) is 12.1. The zero-order valence-electron chi connectivity index (χ0n) is 21.7. The SMILES string of the molecule is CC.CCCC(=O)OCC1(C)CCC=C2C(CCCC3=CC(=O)CCC32C)C1CC.O=CO. The molecule has 0 aromatic heterocycles. The molecule has 33 heavy (non-hydrogen) atoms. The van der Waals surface area contributed by atoms with Crippen molar-refractivity contribution < 1.29 is 24.2 Å². The second-order valence-corrected chi connectivity index (χ2v) is 9.85. The summed E-state index contributed by atoms with van der Waals surface area (Å²) >= 11 is 0. The number of esters is 1. The van der Waals surface area contributed by atoms with Gasteiger partial charge in [0.25, 0.3) is 6.47 Å². The summed E-state index contributed by atoms with van der Waals surface area (Å²) in [5, 5.41) is 6.89. The molecule has 0 aliphatic heterocycles. The minimum absolute atomic E-state index is 0.0239. The monoisotopic (exact) mass is 462 g/mol. The molecule has 1 fully saturated rings. The summed E-state index contributed by atoms with van der Waals surface area (Å²) in [6, 6.07) is 0. The lowest BCUT2D eigenvalue weighted by atomic mass is 9.60. The number of rotatable bonds is 5. The third kappa shape index (κ3) is 7.04. The van der Waals surface area contributed by atoms with E-state index >= 15 is 0 Å². The van der Waals surface area contributed by atoms with E-state index in [1.54, 1.807) is 5.57 Å². The zero-order valence-corrected chi connectivity index (χ0v) is 21.7. The molecule has 3 aliphatic rings. The predicted molar refractivity (Wildman–Crippen MR) is 133 cm³/mol. The summed E-state index contributed by atoms with van der Waals surface area (Å²) in [4.78, 5) is 32.5. The first-order valence-corrected chi connectivity index (χ1v) is 12.9. The van der Waals surface area contributed by atoms with Gasteiger partial charge < -0.3 is 9.84 Å². The quantitative estimate of drug-likeness (QED) is 0.273. The molecular weight excluding hydrogens is 416 g/mol. The van der Waals surface area contributed by atoms with Crippen LogP contribution in [-0.4, -0.2) is 29.9 Å². The average Bonchev–Trinajstić information content (AvgIpc) is 3.02. The molecule has 0 bridgehead atoms. The molecule has 0 aromatic carbocycles. The summed E-state index contributed by atoms with van der Waals surface area (Å²) in [7, 11) is 0. The summed E-state index contributed by atoms with van der Waals surface area (Å²) in [5.41, 5.74) is 3.02. The number of hydrogen-bond acceptors (Lipinski definition) is 4. The van der Waals surface area contributed by atoms with Gasteiger partial charge in [-0.3, -0.25) is 14.4 Å². The smallest absolute Gasteiger partial charge is 0.305 e. The molecule has 0 heterocycles. The molecular formula is C28H46O5. The minimum atomic E-state index is -0.250. The van der Waals surface area contributed by atoms with E-state index in [1.165, 1.54) is 12.0 Å². The molecule has 4 unspecified atom stereocenters. The number of fused-ring (bicyclic) bond motifs is 3. The summed E-state index contributed by atoms with van der Waals surface area (Å²) in [6.45, 7) is 13.3. The fourth-order valence-corrected chi connectivity index (χ4v) is 6.22. The third-order valence-electron chi connectivity index (χ3n) is 7.83. The number of carbonyl (C=O) groups is 3. The van der Waals surface area contributed by atoms with Gasteiger partial charge in [-0.1, -0.05) is 65.2 Å². The lowest BCUT2D eigenvalue weighted by Crippen LogP contribution is -2.39. The van der Waals surface area contributed by atoms with Crippen molar-refractivity contribution >= 4 is 18.2 Å². The van der Waals surface area contributed by atoms with Crippen LogP contribution in [0.3, 0.4) is 0 Å².